The van der Waals surface area contributed by atoms with Gasteiger partial charge in [0.15, 0.2) is 0 Å². The predicted molar refractivity (Wildman–Crippen MR) is 83.3 cm³/mol. The molecular weight excluding hydrogens is 322 g/mol. The second-order valence-corrected chi connectivity index (χ2v) is 6.30. The largest absolute Gasteiger partial charge is 0.295 e. The highest BCUT2D eigenvalue weighted by molar-refractivity contribution is 9.10. The minimum absolute atomic E-state index is 0.0722. The van der Waals surface area contributed by atoms with E-state index in [1.165, 1.54) is 5.56 Å². The van der Waals surface area contributed by atoms with Gasteiger partial charge in [-0.05, 0) is 23.8 Å². The summed E-state index contributed by atoms with van der Waals surface area (Å²) in [4.78, 5) is 14.0. The molecule has 1 aliphatic heterocycles. The summed E-state index contributed by atoms with van der Waals surface area (Å²) in [5, 5.41) is 0.0722. The van der Waals surface area contributed by atoms with E-state index in [0.29, 0.717) is 5.75 Å². The quantitative estimate of drug-likeness (QED) is 0.819. The van der Waals surface area contributed by atoms with Crippen molar-refractivity contribution in [1.82, 2.24) is 0 Å². The maximum atomic E-state index is 12.2. The van der Waals surface area contributed by atoms with Crippen LogP contribution in [0.4, 0.5) is 5.69 Å². The van der Waals surface area contributed by atoms with Crippen molar-refractivity contribution in [3.8, 4) is 0 Å². The normalized spacial score (nSPS) is 18.9. The lowest BCUT2D eigenvalue weighted by Gasteiger charge is -2.24. The number of anilines is 1. The van der Waals surface area contributed by atoms with Crippen molar-refractivity contribution in [3.05, 3.63) is 64.6 Å². The van der Waals surface area contributed by atoms with Gasteiger partial charge in [-0.25, -0.2) is 0 Å². The predicted octanol–water partition coefficient (Wildman–Crippen LogP) is 4.23. The van der Waals surface area contributed by atoms with Crippen LogP contribution in [0.25, 0.3) is 0 Å². The number of nitrogens with zero attached hydrogens (tertiary/aromatic N) is 1. The van der Waals surface area contributed by atoms with Gasteiger partial charge in [0.25, 0.3) is 0 Å². The minimum Gasteiger partial charge on any atom is -0.295 e. The van der Waals surface area contributed by atoms with Crippen LogP contribution in [0, 0.1) is 0 Å². The van der Waals surface area contributed by atoms with E-state index in [1.54, 1.807) is 11.8 Å². The smallest absolute Gasteiger partial charge is 0.238 e. The summed E-state index contributed by atoms with van der Waals surface area (Å²) in [6.45, 7) is 0. The Kier molecular flexibility index (Phi) is 3.62. The molecule has 0 N–H and O–H groups in total. The molecule has 0 aromatic heterocycles. The third-order valence-corrected chi connectivity index (χ3v) is 4.74. The van der Waals surface area contributed by atoms with Gasteiger partial charge in [0.1, 0.15) is 5.37 Å². The Balaban J connectivity index is 2.00. The van der Waals surface area contributed by atoms with Crippen molar-refractivity contribution in [2.45, 2.75) is 5.37 Å². The first-order valence-electron chi connectivity index (χ1n) is 6.00. The lowest BCUT2D eigenvalue weighted by Crippen LogP contribution is -2.27. The van der Waals surface area contributed by atoms with Gasteiger partial charge >= 0.3 is 0 Å². The fourth-order valence-corrected chi connectivity index (χ4v) is 3.76. The number of hydrogen-bond donors (Lipinski definition) is 0. The Morgan fingerprint density at radius 2 is 1.89 bits per heavy atom. The van der Waals surface area contributed by atoms with E-state index in [9.17, 15) is 4.79 Å². The van der Waals surface area contributed by atoms with Crippen molar-refractivity contribution >= 4 is 39.3 Å². The number of carbonyl (C=O) groups is 1. The average Bonchev–Trinajstić information content (AvgIpc) is 2.82. The highest BCUT2D eigenvalue weighted by Gasteiger charge is 2.33. The molecule has 0 saturated carbocycles. The topological polar surface area (TPSA) is 20.3 Å². The summed E-state index contributed by atoms with van der Waals surface area (Å²) in [7, 11) is 0. The van der Waals surface area contributed by atoms with Crippen LogP contribution in [0.2, 0.25) is 0 Å². The van der Waals surface area contributed by atoms with E-state index in [4.69, 9.17) is 0 Å². The van der Waals surface area contributed by atoms with E-state index in [1.807, 2.05) is 47.4 Å². The lowest BCUT2D eigenvalue weighted by molar-refractivity contribution is -0.115. The zero-order valence-electron chi connectivity index (χ0n) is 10.1. The van der Waals surface area contributed by atoms with Crippen LogP contribution >= 0.6 is 27.7 Å². The third kappa shape index (κ3) is 2.55. The molecule has 0 bridgehead atoms. The summed E-state index contributed by atoms with van der Waals surface area (Å²) >= 11 is 5.13. The van der Waals surface area contributed by atoms with E-state index < -0.39 is 0 Å². The standard InChI is InChI=1S/C15H12BrNOS/c16-12-7-4-8-13(9-12)17-14(18)10-19-15(17)11-5-2-1-3-6-11/h1-9,15H,10H2. The fourth-order valence-electron chi connectivity index (χ4n) is 2.19. The van der Waals surface area contributed by atoms with E-state index in [-0.39, 0.29) is 11.3 Å². The molecule has 4 heteroatoms. The first kappa shape index (κ1) is 12.8. The highest BCUT2D eigenvalue weighted by atomic mass is 79.9. The van der Waals surface area contributed by atoms with Gasteiger partial charge < -0.3 is 0 Å². The highest BCUT2D eigenvalue weighted by Crippen LogP contribution is 2.41. The van der Waals surface area contributed by atoms with Gasteiger partial charge in [0.2, 0.25) is 5.91 Å². The number of amides is 1. The third-order valence-electron chi connectivity index (χ3n) is 3.04. The molecule has 0 radical (unpaired) electrons. The Hall–Kier alpha value is -1.26. The molecule has 96 valence electrons. The second kappa shape index (κ2) is 5.39. The van der Waals surface area contributed by atoms with E-state index in [0.717, 1.165) is 10.2 Å². The van der Waals surface area contributed by atoms with Gasteiger partial charge in [-0.15, -0.1) is 11.8 Å². The van der Waals surface area contributed by atoms with Gasteiger partial charge in [-0.3, -0.25) is 9.69 Å². The van der Waals surface area contributed by atoms with Crippen molar-refractivity contribution in [3.63, 3.8) is 0 Å². The van der Waals surface area contributed by atoms with E-state index >= 15 is 0 Å². The first-order valence-corrected chi connectivity index (χ1v) is 7.84. The van der Waals surface area contributed by atoms with Crippen molar-refractivity contribution in [2.24, 2.45) is 0 Å². The number of carbonyl (C=O) groups excluding carboxylic acids is 1. The van der Waals surface area contributed by atoms with Crippen molar-refractivity contribution in [2.75, 3.05) is 10.7 Å². The summed E-state index contributed by atoms with van der Waals surface area (Å²) in [5.74, 6) is 0.698. The van der Waals surface area contributed by atoms with Crippen molar-refractivity contribution < 1.29 is 4.79 Å². The first-order chi connectivity index (χ1) is 9.25. The number of thioether (sulfide) groups is 1. The summed E-state index contributed by atoms with van der Waals surface area (Å²) < 4.78 is 0.988. The molecule has 1 heterocycles. The van der Waals surface area contributed by atoms with Crippen LogP contribution in [0.1, 0.15) is 10.9 Å². The van der Waals surface area contributed by atoms with Crippen LogP contribution in [0.15, 0.2) is 59.1 Å². The zero-order valence-corrected chi connectivity index (χ0v) is 12.5. The molecule has 2 aromatic rings. The summed E-state index contributed by atoms with van der Waals surface area (Å²) in [6, 6.07) is 18.0. The molecule has 1 saturated heterocycles. The number of benzene rings is 2. The van der Waals surface area contributed by atoms with Crippen molar-refractivity contribution in [1.29, 1.82) is 0 Å². The van der Waals surface area contributed by atoms with Gasteiger partial charge in [-0.2, -0.15) is 0 Å². The van der Waals surface area contributed by atoms with Crippen LogP contribution in [-0.2, 0) is 4.79 Å². The molecular formula is C15H12BrNOS. The molecule has 2 aromatic carbocycles. The van der Waals surface area contributed by atoms with Crippen LogP contribution in [0.3, 0.4) is 0 Å². The molecule has 19 heavy (non-hydrogen) atoms. The minimum atomic E-state index is 0.0722. The zero-order chi connectivity index (χ0) is 13.2. The van der Waals surface area contributed by atoms with Gasteiger partial charge in [0.05, 0.1) is 5.75 Å². The van der Waals surface area contributed by atoms with Gasteiger partial charge in [-0.1, -0.05) is 52.3 Å². The monoisotopic (exact) mass is 333 g/mol. The molecule has 1 atom stereocenters. The molecule has 1 aliphatic rings. The van der Waals surface area contributed by atoms with E-state index in [2.05, 4.69) is 28.1 Å². The lowest BCUT2D eigenvalue weighted by atomic mass is 10.2. The Morgan fingerprint density at radius 1 is 1.11 bits per heavy atom. The molecule has 0 spiro atoms. The van der Waals surface area contributed by atoms with Crippen LogP contribution < -0.4 is 4.90 Å². The average molecular weight is 334 g/mol. The van der Waals surface area contributed by atoms with Crippen LogP contribution in [0.5, 0.6) is 0 Å². The Bertz CT molecular complexity index is 602. The Morgan fingerprint density at radius 3 is 2.63 bits per heavy atom. The Labute approximate surface area is 124 Å². The maximum absolute atomic E-state index is 12.2. The van der Waals surface area contributed by atoms with Gasteiger partial charge in [0, 0.05) is 10.2 Å². The molecule has 2 nitrogen and oxygen atoms in total. The second-order valence-electron chi connectivity index (χ2n) is 4.32. The molecule has 1 amide bonds. The molecule has 3 rings (SSSR count). The fraction of sp³-hybridized carbons (Fsp3) is 0.133. The molecule has 1 fully saturated rings. The molecule has 0 aliphatic carbocycles. The number of hydrogen-bond acceptors (Lipinski definition) is 2. The number of rotatable bonds is 2. The summed E-state index contributed by atoms with van der Waals surface area (Å²) in [6.07, 6.45) is 0. The maximum Gasteiger partial charge on any atom is 0.238 e. The number of halogens is 1. The molecule has 1 unspecified atom stereocenters. The summed E-state index contributed by atoms with van der Waals surface area (Å²) in [5.41, 5.74) is 2.11. The SMILES string of the molecule is O=C1CSC(c2ccccc2)N1c1cccc(Br)c1. The van der Waals surface area contributed by atoms with Crippen LogP contribution in [-0.4, -0.2) is 11.7 Å².